The van der Waals surface area contributed by atoms with Crippen molar-refractivity contribution in [2.24, 2.45) is 0 Å². The third-order valence-electron chi connectivity index (χ3n) is 2.84. The van der Waals surface area contributed by atoms with Crippen molar-refractivity contribution >= 4 is 5.78 Å². The quantitative estimate of drug-likeness (QED) is 0.713. The van der Waals surface area contributed by atoms with E-state index in [0.717, 1.165) is 12.8 Å². The van der Waals surface area contributed by atoms with Crippen LogP contribution in [0.5, 0.6) is 0 Å². The number of carbonyl (C=O) groups excluding carboxylic acids is 1. The minimum atomic E-state index is 0.363. The Kier molecular flexibility index (Phi) is 5.02. The molecule has 0 spiro atoms. The number of nitrogens with zero attached hydrogens (tertiary/aromatic N) is 1. The predicted octanol–water partition coefficient (Wildman–Crippen LogP) is 3.33. The number of ketones is 1. The third-order valence-corrected chi connectivity index (χ3v) is 2.84. The van der Waals surface area contributed by atoms with Gasteiger partial charge >= 0.3 is 0 Å². The maximum absolute atomic E-state index is 11.3. The molecular formula is C13H19NO. The van der Waals surface area contributed by atoms with Gasteiger partial charge in [0.25, 0.3) is 0 Å². The number of rotatable bonds is 6. The van der Waals surface area contributed by atoms with Crippen molar-refractivity contribution in [3.63, 3.8) is 0 Å². The van der Waals surface area contributed by atoms with Crippen LogP contribution in [0.15, 0.2) is 24.5 Å². The van der Waals surface area contributed by atoms with E-state index in [1.54, 1.807) is 0 Å². The van der Waals surface area contributed by atoms with E-state index < -0.39 is 0 Å². The summed E-state index contributed by atoms with van der Waals surface area (Å²) in [5.74, 6) is 0.867. The van der Waals surface area contributed by atoms with Crippen LogP contribution in [0, 0.1) is 0 Å². The van der Waals surface area contributed by atoms with Crippen LogP contribution in [-0.2, 0) is 4.79 Å². The average Bonchev–Trinajstić information content (AvgIpc) is 2.31. The molecule has 1 aromatic rings. The van der Waals surface area contributed by atoms with Crippen LogP contribution in [0.25, 0.3) is 0 Å². The first kappa shape index (κ1) is 11.9. The molecule has 1 aromatic heterocycles. The van der Waals surface area contributed by atoms with Crippen molar-refractivity contribution in [3.8, 4) is 0 Å². The average molecular weight is 205 g/mol. The van der Waals surface area contributed by atoms with E-state index in [0.29, 0.717) is 24.5 Å². The van der Waals surface area contributed by atoms with Crippen molar-refractivity contribution in [1.82, 2.24) is 4.98 Å². The molecule has 2 heteroatoms. The lowest BCUT2D eigenvalue weighted by molar-refractivity contribution is -0.118. The fourth-order valence-corrected chi connectivity index (χ4v) is 1.75. The number of hydrogen-bond acceptors (Lipinski definition) is 2. The molecule has 0 aliphatic heterocycles. The molecule has 15 heavy (non-hydrogen) atoms. The number of Topliss-reactive ketones (excluding diaryl/α,β-unsaturated/α-hetero) is 1. The van der Waals surface area contributed by atoms with E-state index in [9.17, 15) is 4.79 Å². The lowest BCUT2D eigenvalue weighted by Crippen LogP contribution is -2.02. The van der Waals surface area contributed by atoms with Gasteiger partial charge in [0.05, 0.1) is 0 Å². The molecule has 2 nitrogen and oxygen atoms in total. The Balaban J connectivity index is 2.53. The Hall–Kier alpha value is -1.18. The third kappa shape index (κ3) is 3.82. The molecule has 0 radical (unpaired) electrons. The van der Waals surface area contributed by atoms with Crippen molar-refractivity contribution in [1.29, 1.82) is 0 Å². The maximum atomic E-state index is 11.3. The largest absolute Gasteiger partial charge is 0.300 e. The smallest absolute Gasteiger partial charge is 0.132 e. The molecule has 0 aliphatic carbocycles. The van der Waals surface area contributed by atoms with Gasteiger partial charge in [-0.3, -0.25) is 9.78 Å². The van der Waals surface area contributed by atoms with Crippen molar-refractivity contribution < 1.29 is 4.79 Å². The molecule has 0 N–H and O–H groups in total. The molecule has 1 rings (SSSR count). The van der Waals surface area contributed by atoms with Crippen molar-refractivity contribution in [3.05, 3.63) is 30.1 Å². The van der Waals surface area contributed by atoms with Gasteiger partial charge in [0.15, 0.2) is 0 Å². The molecule has 0 aromatic carbocycles. The highest BCUT2D eigenvalue weighted by molar-refractivity contribution is 5.78. The summed E-state index contributed by atoms with van der Waals surface area (Å²) in [6, 6.07) is 4.09. The topological polar surface area (TPSA) is 30.0 Å². The molecule has 0 fully saturated rings. The Labute approximate surface area is 91.7 Å². The van der Waals surface area contributed by atoms with E-state index in [2.05, 4.69) is 11.9 Å². The lowest BCUT2D eigenvalue weighted by atomic mass is 9.91. The van der Waals surface area contributed by atoms with Crippen LogP contribution < -0.4 is 0 Å². The second-order valence-electron chi connectivity index (χ2n) is 3.82. The first-order valence-corrected chi connectivity index (χ1v) is 5.69. The number of aromatic nitrogens is 1. The van der Waals surface area contributed by atoms with Crippen LogP contribution in [0.2, 0.25) is 0 Å². The second-order valence-corrected chi connectivity index (χ2v) is 3.82. The Morgan fingerprint density at radius 2 is 2.00 bits per heavy atom. The van der Waals surface area contributed by atoms with Gasteiger partial charge in [0.1, 0.15) is 5.78 Å². The molecule has 0 amide bonds. The van der Waals surface area contributed by atoms with Gasteiger partial charge in [0.2, 0.25) is 0 Å². The Morgan fingerprint density at radius 1 is 1.33 bits per heavy atom. The van der Waals surface area contributed by atoms with Crippen LogP contribution in [-0.4, -0.2) is 10.8 Å². The first-order chi connectivity index (χ1) is 7.27. The van der Waals surface area contributed by atoms with Gasteiger partial charge in [-0.1, -0.05) is 13.8 Å². The zero-order chi connectivity index (χ0) is 11.1. The van der Waals surface area contributed by atoms with Gasteiger partial charge in [-0.25, -0.2) is 0 Å². The van der Waals surface area contributed by atoms with Crippen LogP contribution in [0.1, 0.15) is 51.0 Å². The van der Waals surface area contributed by atoms with Crippen molar-refractivity contribution in [2.45, 2.75) is 45.4 Å². The molecule has 1 unspecified atom stereocenters. The number of pyridine rings is 1. The Bertz CT molecular complexity index is 295. The predicted molar refractivity (Wildman–Crippen MR) is 61.8 cm³/mol. The van der Waals surface area contributed by atoms with Crippen molar-refractivity contribution in [2.75, 3.05) is 0 Å². The maximum Gasteiger partial charge on any atom is 0.132 e. The second kappa shape index (κ2) is 6.33. The highest BCUT2D eigenvalue weighted by Gasteiger charge is 2.10. The summed E-state index contributed by atoms with van der Waals surface area (Å²) >= 11 is 0. The van der Waals surface area contributed by atoms with Crippen LogP contribution >= 0.6 is 0 Å². The monoisotopic (exact) mass is 205 g/mol. The fraction of sp³-hybridized carbons (Fsp3) is 0.538. The zero-order valence-corrected chi connectivity index (χ0v) is 9.57. The number of carbonyl (C=O) groups is 1. The van der Waals surface area contributed by atoms with Crippen LogP contribution in [0.4, 0.5) is 0 Å². The molecule has 0 saturated heterocycles. The molecule has 0 saturated carbocycles. The summed E-state index contributed by atoms with van der Waals surface area (Å²) in [5.41, 5.74) is 1.30. The minimum Gasteiger partial charge on any atom is -0.300 e. The zero-order valence-electron chi connectivity index (χ0n) is 9.57. The van der Waals surface area contributed by atoms with E-state index in [-0.39, 0.29) is 0 Å². The van der Waals surface area contributed by atoms with E-state index in [1.165, 1.54) is 5.56 Å². The van der Waals surface area contributed by atoms with Gasteiger partial charge < -0.3 is 0 Å². The molecule has 0 aliphatic rings. The summed E-state index contributed by atoms with van der Waals surface area (Å²) in [7, 11) is 0. The standard InChI is InChI=1S/C13H19NO/c1-3-11(5-6-13(15)4-2)12-7-9-14-10-8-12/h7-11H,3-6H2,1-2H3. The normalized spacial score (nSPS) is 12.4. The molecule has 0 bridgehead atoms. The SMILES string of the molecule is CCC(=O)CCC(CC)c1ccncc1. The van der Waals surface area contributed by atoms with E-state index in [4.69, 9.17) is 0 Å². The first-order valence-electron chi connectivity index (χ1n) is 5.69. The van der Waals surface area contributed by atoms with Gasteiger partial charge in [-0.2, -0.15) is 0 Å². The highest BCUT2D eigenvalue weighted by atomic mass is 16.1. The number of hydrogen-bond donors (Lipinski definition) is 0. The summed E-state index contributed by atoms with van der Waals surface area (Å²) in [5, 5.41) is 0. The minimum absolute atomic E-state index is 0.363. The molecule has 82 valence electrons. The van der Waals surface area contributed by atoms with E-state index in [1.807, 2.05) is 31.5 Å². The Morgan fingerprint density at radius 3 is 2.53 bits per heavy atom. The van der Waals surface area contributed by atoms with E-state index >= 15 is 0 Å². The molecular weight excluding hydrogens is 186 g/mol. The highest BCUT2D eigenvalue weighted by Crippen LogP contribution is 2.24. The summed E-state index contributed by atoms with van der Waals surface area (Å²) < 4.78 is 0. The van der Waals surface area contributed by atoms with Crippen LogP contribution in [0.3, 0.4) is 0 Å². The van der Waals surface area contributed by atoms with Gasteiger partial charge in [-0.05, 0) is 36.5 Å². The van der Waals surface area contributed by atoms with Gasteiger partial charge in [-0.15, -0.1) is 0 Å². The summed E-state index contributed by atoms with van der Waals surface area (Å²) in [6.45, 7) is 4.09. The van der Waals surface area contributed by atoms with Gasteiger partial charge in [0, 0.05) is 25.2 Å². The lowest BCUT2D eigenvalue weighted by Gasteiger charge is -2.14. The fourth-order valence-electron chi connectivity index (χ4n) is 1.75. The summed E-state index contributed by atoms with van der Waals surface area (Å²) in [6.07, 6.45) is 7.05. The molecule has 1 atom stereocenters. The molecule has 1 heterocycles. The summed E-state index contributed by atoms with van der Waals surface area (Å²) in [4.78, 5) is 15.3.